The zero-order valence-electron chi connectivity index (χ0n) is 13.9. The molecular weight excluding hydrogens is 312 g/mol. The first-order valence-electron chi connectivity index (χ1n) is 8.70. The Bertz CT molecular complexity index is 530. The fraction of sp³-hybridized carbons (Fsp3) is 0.750. The number of anilines is 1. The minimum absolute atomic E-state index is 0.180. The molecule has 2 saturated heterocycles. The third-order valence-corrected chi connectivity index (χ3v) is 4.70. The van der Waals surface area contributed by atoms with Crippen LogP contribution >= 0.6 is 0 Å². The van der Waals surface area contributed by atoms with E-state index in [1.54, 1.807) is 6.07 Å². The molecule has 1 atom stereocenters. The van der Waals surface area contributed by atoms with Crippen molar-refractivity contribution in [1.29, 1.82) is 0 Å². The highest BCUT2D eigenvalue weighted by Gasteiger charge is 2.22. The summed E-state index contributed by atoms with van der Waals surface area (Å²) in [4.78, 5) is 16.5. The number of piperidine rings is 1. The first-order valence-corrected chi connectivity index (χ1v) is 8.70. The Morgan fingerprint density at radius 1 is 1.33 bits per heavy atom. The number of hydrogen-bond donors (Lipinski definition) is 2. The third kappa shape index (κ3) is 4.25. The Kier molecular flexibility index (Phi) is 6.06. The van der Waals surface area contributed by atoms with Crippen molar-refractivity contribution in [3.63, 3.8) is 0 Å². The van der Waals surface area contributed by atoms with Gasteiger partial charge >= 0.3 is 0 Å². The van der Waals surface area contributed by atoms with E-state index in [9.17, 15) is 9.90 Å². The van der Waals surface area contributed by atoms with Crippen molar-refractivity contribution in [2.45, 2.75) is 25.3 Å². The number of ether oxygens (including phenoxy) is 1. The molecule has 0 radical (unpaired) electrons. The molecule has 1 amide bonds. The van der Waals surface area contributed by atoms with Gasteiger partial charge in [0.1, 0.15) is 0 Å². The monoisotopic (exact) mass is 338 g/mol. The predicted octanol–water partition coefficient (Wildman–Crippen LogP) is 0.0878. The lowest BCUT2D eigenvalue weighted by molar-refractivity contribution is 0.0830. The molecule has 1 aromatic rings. The fourth-order valence-corrected chi connectivity index (χ4v) is 3.28. The van der Waals surface area contributed by atoms with E-state index in [1.165, 1.54) is 0 Å². The SMILES string of the molecule is O=C(NCCN1CCCCC1CO)c1cc(N2CCOCC2)no1. The number of aromatic nitrogens is 1. The van der Waals surface area contributed by atoms with E-state index in [2.05, 4.69) is 15.4 Å². The first kappa shape index (κ1) is 17.2. The highest BCUT2D eigenvalue weighted by atomic mass is 16.5. The van der Waals surface area contributed by atoms with Crippen LogP contribution in [0.5, 0.6) is 0 Å². The van der Waals surface area contributed by atoms with Crippen LogP contribution in [0.2, 0.25) is 0 Å². The maximum atomic E-state index is 12.2. The van der Waals surface area contributed by atoms with Gasteiger partial charge < -0.3 is 24.6 Å². The summed E-state index contributed by atoms with van der Waals surface area (Å²) in [6, 6.07) is 1.90. The van der Waals surface area contributed by atoms with Gasteiger partial charge in [-0.15, -0.1) is 0 Å². The minimum Gasteiger partial charge on any atom is -0.395 e. The normalized spacial score (nSPS) is 22.5. The van der Waals surface area contributed by atoms with Crippen LogP contribution < -0.4 is 10.2 Å². The van der Waals surface area contributed by atoms with Crippen LogP contribution in [0.25, 0.3) is 0 Å². The lowest BCUT2D eigenvalue weighted by Gasteiger charge is -2.34. The Hall–Kier alpha value is -1.64. The van der Waals surface area contributed by atoms with E-state index >= 15 is 0 Å². The molecule has 2 aliphatic heterocycles. The molecule has 3 rings (SSSR count). The number of amides is 1. The number of nitrogens with zero attached hydrogens (tertiary/aromatic N) is 3. The average molecular weight is 338 g/mol. The molecule has 0 aromatic carbocycles. The Morgan fingerprint density at radius 3 is 2.96 bits per heavy atom. The molecule has 0 bridgehead atoms. The number of aliphatic hydroxyl groups excluding tert-OH is 1. The van der Waals surface area contributed by atoms with Gasteiger partial charge in [-0.1, -0.05) is 11.6 Å². The zero-order valence-corrected chi connectivity index (χ0v) is 13.9. The lowest BCUT2D eigenvalue weighted by atomic mass is 10.0. The molecule has 3 heterocycles. The fourth-order valence-electron chi connectivity index (χ4n) is 3.28. The van der Waals surface area contributed by atoms with Crippen LogP contribution in [0.3, 0.4) is 0 Å². The van der Waals surface area contributed by atoms with E-state index in [1.807, 2.05) is 4.90 Å². The van der Waals surface area contributed by atoms with Gasteiger partial charge in [-0.05, 0) is 19.4 Å². The van der Waals surface area contributed by atoms with Gasteiger partial charge in [-0.3, -0.25) is 9.69 Å². The van der Waals surface area contributed by atoms with Gasteiger partial charge in [0, 0.05) is 38.3 Å². The van der Waals surface area contributed by atoms with E-state index in [-0.39, 0.29) is 24.3 Å². The largest absolute Gasteiger partial charge is 0.395 e. The number of nitrogens with one attached hydrogen (secondary N) is 1. The summed E-state index contributed by atoms with van der Waals surface area (Å²) in [5.41, 5.74) is 0. The topological polar surface area (TPSA) is 91.1 Å². The number of rotatable bonds is 6. The summed E-state index contributed by atoms with van der Waals surface area (Å²) < 4.78 is 10.5. The third-order valence-electron chi connectivity index (χ3n) is 4.70. The number of likely N-dealkylation sites (tertiary alicyclic amines) is 1. The van der Waals surface area contributed by atoms with E-state index < -0.39 is 0 Å². The molecule has 134 valence electrons. The molecule has 0 spiro atoms. The molecule has 8 heteroatoms. The molecule has 24 heavy (non-hydrogen) atoms. The van der Waals surface area contributed by atoms with Gasteiger partial charge in [0.05, 0.1) is 19.8 Å². The molecule has 1 unspecified atom stereocenters. The molecule has 2 N–H and O–H groups in total. The smallest absolute Gasteiger partial charge is 0.290 e. The summed E-state index contributed by atoms with van der Waals surface area (Å²) in [7, 11) is 0. The lowest BCUT2D eigenvalue weighted by Crippen LogP contribution is -2.45. The second-order valence-electron chi connectivity index (χ2n) is 6.27. The Labute approximate surface area is 141 Å². The Balaban J connectivity index is 1.45. The van der Waals surface area contributed by atoms with Crippen molar-refractivity contribution in [2.24, 2.45) is 0 Å². The van der Waals surface area contributed by atoms with E-state index in [0.717, 1.165) is 45.4 Å². The second-order valence-corrected chi connectivity index (χ2v) is 6.27. The van der Waals surface area contributed by atoms with Gasteiger partial charge in [-0.25, -0.2) is 0 Å². The number of hydrogen-bond acceptors (Lipinski definition) is 7. The van der Waals surface area contributed by atoms with Gasteiger partial charge in [0.15, 0.2) is 5.82 Å². The van der Waals surface area contributed by atoms with Gasteiger partial charge in [0.25, 0.3) is 5.91 Å². The first-order chi connectivity index (χ1) is 11.8. The number of morpholine rings is 1. The van der Waals surface area contributed by atoms with Crippen LogP contribution in [0.1, 0.15) is 29.8 Å². The molecule has 8 nitrogen and oxygen atoms in total. The number of carbonyl (C=O) groups excluding carboxylic acids is 1. The van der Waals surface area contributed by atoms with Crippen molar-refractivity contribution in [2.75, 3.05) is 57.4 Å². The van der Waals surface area contributed by atoms with Crippen molar-refractivity contribution in [3.8, 4) is 0 Å². The second kappa shape index (κ2) is 8.46. The van der Waals surface area contributed by atoms with Crippen molar-refractivity contribution in [3.05, 3.63) is 11.8 Å². The van der Waals surface area contributed by atoms with Crippen molar-refractivity contribution >= 4 is 11.7 Å². The minimum atomic E-state index is -0.250. The number of aliphatic hydroxyl groups is 1. The van der Waals surface area contributed by atoms with Crippen molar-refractivity contribution < 1.29 is 19.2 Å². The van der Waals surface area contributed by atoms with Gasteiger partial charge in [-0.2, -0.15) is 0 Å². The predicted molar refractivity (Wildman–Crippen MR) is 88.2 cm³/mol. The molecule has 2 aliphatic rings. The summed E-state index contributed by atoms with van der Waals surface area (Å²) in [5.74, 6) is 0.660. The van der Waals surface area contributed by atoms with Gasteiger partial charge in [0.2, 0.25) is 5.76 Å². The summed E-state index contributed by atoms with van der Waals surface area (Å²) in [6.45, 7) is 5.26. The van der Waals surface area contributed by atoms with Crippen LogP contribution in [0.4, 0.5) is 5.82 Å². The number of carbonyl (C=O) groups is 1. The average Bonchev–Trinajstić information content (AvgIpc) is 3.13. The maximum absolute atomic E-state index is 12.2. The quantitative estimate of drug-likeness (QED) is 0.759. The molecule has 0 aliphatic carbocycles. The maximum Gasteiger partial charge on any atom is 0.290 e. The molecule has 0 saturated carbocycles. The Morgan fingerprint density at radius 2 is 2.17 bits per heavy atom. The van der Waals surface area contributed by atoms with E-state index in [4.69, 9.17) is 9.26 Å². The van der Waals surface area contributed by atoms with Crippen LogP contribution in [-0.4, -0.2) is 79.7 Å². The zero-order chi connectivity index (χ0) is 16.8. The van der Waals surface area contributed by atoms with E-state index in [0.29, 0.717) is 25.6 Å². The van der Waals surface area contributed by atoms with Crippen molar-refractivity contribution in [1.82, 2.24) is 15.4 Å². The molecular formula is C16H26N4O4. The summed E-state index contributed by atoms with van der Waals surface area (Å²) in [6.07, 6.45) is 3.33. The standard InChI is InChI=1S/C16H26N4O4/c21-12-13-3-1-2-5-19(13)6-4-17-16(22)14-11-15(18-24-14)20-7-9-23-10-8-20/h11,13,21H,1-10,12H2,(H,17,22). The highest BCUT2D eigenvalue weighted by molar-refractivity contribution is 5.92. The summed E-state index contributed by atoms with van der Waals surface area (Å²) >= 11 is 0. The van der Waals surface area contributed by atoms with Crippen LogP contribution in [-0.2, 0) is 4.74 Å². The molecule has 1 aromatic heterocycles. The summed E-state index contributed by atoms with van der Waals surface area (Å²) in [5, 5.41) is 16.3. The van der Waals surface area contributed by atoms with Crippen LogP contribution in [0, 0.1) is 0 Å². The molecule has 2 fully saturated rings. The highest BCUT2D eigenvalue weighted by Crippen LogP contribution is 2.17. The van der Waals surface area contributed by atoms with Crippen LogP contribution in [0.15, 0.2) is 10.6 Å².